The fourth-order valence-corrected chi connectivity index (χ4v) is 1.41. The maximum absolute atomic E-state index is 13.5. The van der Waals surface area contributed by atoms with Gasteiger partial charge >= 0.3 is 5.97 Å². The summed E-state index contributed by atoms with van der Waals surface area (Å²) in [6.45, 7) is 1.89. The van der Waals surface area contributed by atoms with E-state index in [1.54, 1.807) is 6.92 Å². The van der Waals surface area contributed by atoms with Gasteiger partial charge in [-0.05, 0) is 13.0 Å². The minimum absolute atomic E-state index is 0.00586. The number of ether oxygens (including phenoxy) is 1. The van der Waals surface area contributed by atoms with Gasteiger partial charge in [0.05, 0.1) is 29.6 Å². The number of rotatable bonds is 6. The lowest BCUT2D eigenvalue weighted by molar-refractivity contribution is -0.385. The van der Waals surface area contributed by atoms with Gasteiger partial charge in [0.2, 0.25) is 0 Å². The summed E-state index contributed by atoms with van der Waals surface area (Å²) < 4.78 is 18.2. The molecular formula is C12H13FN2O5. The van der Waals surface area contributed by atoms with Crippen molar-refractivity contribution < 1.29 is 23.6 Å². The Hall–Kier alpha value is -2.51. The highest BCUT2D eigenvalue weighted by molar-refractivity contribution is 5.94. The van der Waals surface area contributed by atoms with Gasteiger partial charge < -0.3 is 10.1 Å². The highest BCUT2D eigenvalue weighted by atomic mass is 19.1. The van der Waals surface area contributed by atoms with Gasteiger partial charge in [-0.1, -0.05) is 0 Å². The molecule has 0 fully saturated rings. The zero-order chi connectivity index (χ0) is 15.1. The van der Waals surface area contributed by atoms with Crippen LogP contribution in [0.15, 0.2) is 18.2 Å². The summed E-state index contributed by atoms with van der Waals surface area (Å²) in [5, 5.41) is 12.8. The van der Waals surface area contributed by atoms with E-state index >= 15 is 0 Å². The summed E-state index contributed by atoms with van der Waals surface area (Å²) in [5.41, 5.74) is -0.759. The molecular weight excluding hydrogens is 271 g/mol. The standard InChI is InChI=1S/C12H13FN2O5/c1-2-20-11(16)5-6-14-12(17)9-4-3-8(15(18)19)7-10(9)13/h3-4,7H,2,5-6H2,1H3,(H,14,17). The molecule has 0 atom stereocenters. The molecule has 0 spiro atoms. The third kappa shape index (κ3) is 4.30. The van der Waals surface area contributed by atoms with Gasteiger partial charge in [0.15, 0.2) is 0 Å². The number of hydrogen-bond donors (Lipinski definition) is 1. The second kappa shape index (κ2) is 7.17. The molecule has 0 aliphatic carbocycles. The Kier molecular flexibility index (Phi) is 5.57. The van der Waals surface area contributed by atoms with E-state index < -0.39 is 28.3 Å². The van der Waals surface area contributed by atoms with Crippen molar-refractivity contribution in [2.45, 2.75) is 13.3 Å². The first kappa shape index (κ1) is 15.5. The Morgan fingerprint density at radius 1 is 1.45 bits per heavy atom. The highest BCUT2D eigenvalue weighted by Crippen LogP contribution is 2.16. The second-order valence-electron chi connectivity index (χ2n) is 3.73. The number of benzene rings is 1. The Morgan fingerprint density at radius 2 is 2.15 bits per heavy atom. The second-order valence-corrected chi connectivity index (χ2v) is 3.73. The molecule has 0 saturated heterocycles. The van der Waals surface area contributed by atoms with Crippen LogP contribution in [0.5, 0.6) is 0 Å². The molecule has 8 heteroatoms. The summed E-state index contributed by atoms with van der Waals surface area (Å²) in [6, 6.07) is 2.72. The Morgan fingerprint density at radius 3 is 2.70 bits per heavy atom. The number of carbonyl (C=O) groups is 2. The van der Waals surface area contributed by atoms with E-state index in [1.165, 1.54) is 0 Å². The van der Waals surface area contributed by atoms with Gasteiger partial charge in [-0.15, -0.1) is 0 Å². The number of carbonyl (C=O) groups excluding carboxylic acids is 2. The van der Waals surface area contributed by atoms with Crippen LogP contribution in [0.25, 0.3) is 0 Å². The zero-order valence-corrected chi connectivity index (χ0v) is 10.7. The largest absolute Gasteiger partial charge is 0.466 e. The van der Waals surface area contributed by atoms with Crippen molar-refractivity contribution in [3.63, 3.8) is 0 Å². The molecule has 7 nitrogen and oxygen atoms in total. The van der Waals surface area contributed by atoms with E-state index in [1.807, 2.05) is 0 Å². The molecule has 1 N–H and O–H groups in total. The first-order valence-electron chi connectivity index (χ1n) is 5.83. The first-order valence-corrected chi connectivity index (χ1v) is 5.83. The fourth-order valence-electron chi connectivity index (χ4n) is 1.41. The van der Waals surface area contributed by atoms with Gasteiger partial charge in [-0.25, -0.2) is 4.39 Å². The minimum Gasteiger partial charge on any atom is -0.466 e. The average molecular weight is 284 g/mol. The number of nitrogens with one attached hydrogen (secondary N) is 1. The average Bonchev–Trinajstić information content (AvgIpc) is 2.38. The number of nitro benzene ring substituents is 1. The summed E-state index contributed by atoms with van der Waals surface area (Å²) >= 11 is 0. The van der Waals surface area contributed by atoms with Crippen molar-refractivity contribution in [3.8, 4) is 0 Å². The van der Waals surface area contributed by atoms with E-state index in [0.29, 0.717) is 6.07 Å². The van der Waals surface area contributed by atoms with Crippen LogP contribution in [0, 0.1) is 15.9 Å². The first-order chi connectivity index (χ1) is 9.45. The van der Waals surface area contributed by atoms with Gasteiger partial charge in [0, 0.05) is 12.6 Å². The van der Waals surface area contributed by atoms with Crippen LogP contribution >= 0.6 is 0 Å². The van der Waals surface area contributed by atoms with Gasteiger partial charge in [0.25, 0.3) is 11.6 Å². The number of nitrogens with zero attached hydrogens (tertiary/aromatic N) is 1. The molecule has 0 aliphatic rings. The number of non-ortho nitro benzene ring substituents is 1. The van der Waals surface area contributed by atoms with Crippen LogP contribution in [0.3, 0.4) is 0 Å². The van der Waals surface area contributed by atoms with Gasteiger partial charge in [0.1, 0.15) is 5.82 Å². The molecule has 108 valence electrons. The summed E-state index contributed by atoms with van der Waals surface area (Å²) in [5.74, 6) is -2.22. The normalized spacial score (nSPS) is 9.90. The molecule has 0 unspecified atom stereocenters. The van der Waals surface area contributed by atoms with Crippen molar-refractivity contribution >= 4 is 17.6 Å². The predicted molar refractivity (Wildman–Crippen MR) is 66.6 cm³/mol. The molecule has 0 aliphatic heterocycles. The molecule has 0 heterocycles. The number of amides is 1. The Bertz CT molecular complexity index is 533. The van der Waals surface area contributed by atoms with Crippen LogP contribution in [0.2, 0.25) is 0 Å². The lowest BCUT2D eigenvalue weighted by Crippen LogP contribution is -2.27. The molecule has 1 aromatic rings. The predicted octanol–water partition coefficient (Wildman–Crippen LogP) is 1.42. The summed E-state index contributed by atoms with van der Waals surface area (Å²) in [7, 11) is 0. The number of esters is 1. The SMILES string of the molecule is CCOC(=O)CCNC(=O)c1ccc([N+](=O)[O-])cc1F. The van der Waals surface area contributed by atoms with Crippen molar-refractivity contribution in [1.82, 2.24) is 5.32 Å². The summed E-state index contributed by atoms with van der Waals surface area (Å²) in [4.78, 5) is 32.3. The van der Waals surface area contributed by atoms with Crippen LogP contribution < -0.4 is 5.32 Å². The van der Waals surface area contributed by atoms with Crippen molar-refractivity contribution in [2.75, 3.05) is 13.2 Å². The molecule has 0 radical (unpaired) electrons. The molecule has 0 bridgehead atoms. The van der Waals surface area contributed by atoms with Crippen molar-refractivity contribution in [1.29, 1.82) is 0 Å². The lowest BCUT2D eigenvalue weighted by atomic mass is 10.2. The quantitative estimate of drug-likeness (QED) is 0.484. The van der Waals surface area contributed by atoms with Crippen LogP contribution in [0.1, 0.15) is 23.7 Å². The van der Waals surface area contributed by atoms with E-state index in [4.69, 9.17) is 0 Å². The smallest absolute Gasteiger partial charge is 0.307 e. The summed E-state index contributed by atoms with van der Waals surface area (Å²) in [6.07, 6.45) is -0.0336. The fraction of sp³-hybridized carbons (Fsp3) is 0.333. The Labute approximate surface area is 113 Å². The molecule has 0 aromatic heterocycles. The van der Waals surface area contributed by atoms with Crippen LogP contribution in [0.4, 0.5) is 10.1 Å². The highest BCUT2D eigenvalue weighted by Gasteiger charge is 2.16. The number of hydrogen-bond acceptors (Lipinski definition) is 5. The topological polar surface area (TPSA) is 98.5 Å². The molecule has 1 aromatic carbocycles. The maximum atomic E-state index is 13.5. The molecule has 1 rings (SSSR count). The zero-order valence-electron chi connectivity index (χ0n) is 10.7. The van der Waals surface area contributed by atoms with E-state index in [0.717, 1.165) is 12.1 Å². The van der Waals surface area contributed by atoms with Gasteiger partial charge in [-0.3, -0.25) is 19.7 Å². The monoisotopic (exact) mass is 284 g/mol. The van der Waals surface area contributed by atoms with Crippen molar-refractivity contribution in [3.05, 3.63) is 39.7 Å². The number of halogens is 1. The van der Waals surface area contributed by atoms with E-state index in [9.17, 15) is 24.1 Å². The maximum Gasteiger partial charge on any atom is 0.307 e. The van der Waals surface area contributed by atoms with Crippen LogP contribution in [-0.4, -0.2) is 30.0 Å². The van der Waals surface area contributed by atoms with Crippen LogP contribution in [-0.2, 0) is 9.53 Å². The number of nitro groups is 1. The third-order valence-electron chi connectivity index (χ3n) is 2.33. The molecule has 20 heavy (non-hydrogen) atoms. The lowest BCUT2D eigenvalue weighted by Gasteiger charge is -2.06. The van der Waals surface area contributed by atoms with Gasteiger partial charge in [-0.2, -0.15) is 0 Å². The van der Waals surface area contributed by atoms with Crippen molar-refractivity contribution in [2.24, 2.45) is 0 Å². The van der Waals surface area contributed by atoms with E-state index in [2.05, 4.69) is 10.1 Å². The molecule has 1 amide bonds. The van der Waals surface area contributed by atoms with E-state index in [-0.39, 0.29) is 25.1 Å². The minimum atomic E-state index is -0.993. The third-order valence-corrected chi connectivity index (χ3v) is 2.33. The molecule has 0 saturated carbocycles. The Balaban J connectivity index is 2.60.